The van der Waals surface area contributed by atoms with Gasteiger partial charge in [0.15, 0.2) is 0 Å². The number of carbonyl (C=O) groups is 2. The zero-order valence-corrected chi connectivity index (χ0v) is 12.2. The lowest BCUT2D eigenvalue weighted by Crippen LogP contribution is -2.29. The van der Waals surface area contributed by atoms with Crippen molar-refractivity contribution in [3.63, 3.8) is 0 Å². The van der Waals surface area contributed by atoms with Gasteiger partial charge in [0, 0.05) is 5.56 Å². The summed E-state index contributed by atoms with van der Waals surface area (Å²) >= 11 is 0. The summed E-state index contributed by atoms with van der Waals surface area (Å²) in [6.07, 6.45) is 1.63. The molecule has 0 unspecified atom stereocenters. The first-order valence-corrected chi connectivity index (χ1v) is 7.32. The van der Waals surface area contributed by atoms with Gasteiger partial charge in [-0.2, -0.15) is 0 Å². The first kappa shape index (κ1) is 13.5. The van der Waals surface area contributed by atoms with Crippen molar-refractivity contribution in [2.24, 2.45) is 0 Å². The molecule has 0 radical (unpaired) electrons. The largest absolute Gasteiger partial charge is 0.464 e. The Balaban J connectivity index is 1.57. The number of rotatable bonds is 3. The van der Waals surface area contributed by atoms with Gasteiger partial charge in [-0.3, -0.25) is 14.5 Å². The highest BCUT2D eigenvalue weighted by atomic mass is 16.3. The maximum absolute atomic E-state index is 12.4. The van der Waals surface area contributed by atoms with Gasteiger partial charge in [0.25, 0.3) is 11.8 Å². The van der Waals surface area contributed by atoms with Crippen molar-refractivity contribution in [1.82, 2.24) is 4.90 Å². The van der Waals surface area contributed by atoms with Crippen molar-refractivity contribution in [1.29, 1.82) is 0 Å². The van der Waals surface area contributed by atoms with Crippen LogP contribution in [0.25, 0.3) is 11.3 Å². The molecule has 0 saturated heterocycles. The molecule has 4 heteroatoms. The van der Waals surface area contributed by atoms with Gasteiger partial charge >= 0.3 is 0 Å². The fourth-order valence-corrected chi connectivity index (χ4v) is 2.78. The molecule has 4 nitrogen and oxygen atoms in total. The third kappa shape index (κ3) is 2.25. The van der Waals surface area contributed by atoms with E-state index in [2.05, 4.69) is 0 Å². The Bertz CT molecular complexity index is 844. The molecule has 0 fully saturated rings. The average molecular weight is 303 g/mol. The zero-order chi connectivity index (χ0) is 15.8. The van der Waals surface area contributed by atoms with Crippen LogP contribution in [-0.4, -0.2) is 16.7 Å². The van der Waals surface area contributed by atoms with Crippen molar-refractivity contribution in [2.75, 3.05) is 0 Å². The molecule has 0 bridgehead atoms. The maximum Gasteiger partial charge on any atom is 0.261 e. The van der Waals surface area contributed by atoms with Crippen LogP contribution in [0.5, 0.6) is 0 Å². The lowest BCUT2D eigenvalue weighted by molar-refractivity contribution is 0.0642. The van der Waals surface area contributed by atoms with Crippen molar-refractivity contribution < 1.29 is 14.0 Å². The Morgan fingerprint density at radius 1 is 0.783 bits per heavy atom. The Morgan fingerprint density at radius 3 is 2.00 bits per heavy atom. The molecule has 0 saturated carbocycles. The second-order valence-electron chi connectivity index (χ2n) is 5.42. The number of benzene rings is 2. The molecule has 2 heterocycles. The average Bonchev–Trinajstić information content (AvgIpc) is 3.20. The molecule has 3 aromatic rings. The molecular weight excluding hydrogens is 290 g/mol. The monoisotopic (exact) mass is 303 g/mol. The first-order valence-electron chi connectivity index (χ1n) is 7.32. The van der Waals surface area contributed by atoms with Gasteiger partial charge < -0.3 is 4.42 Å². The van der Waals surface area contributed by atoms with E-state index in [1.165, 1.54) is 4.90 Å². The molecule has 2 amide bonds. The Morgan fingerprint density at radius 2 is 1.43 bits per heavy atom. The van der Waals surface area contributed by atoms with E-state index in [1.807, 2.05) is 36.4 Å². The van der Waals surface area contributed by atoms with Gasteiger partial charge in [0.05, 0.1) is 23.9 Å². The molecule has 0 N–H and O–H groups in total. The second kappa shape index (κ2) is 5.25. The number of furan rings is 1. The predicted molar refractivity (Wildman–Crippen MR) is 84.8 cm³/mol. The minimum atomic E-state index is -0.235. The molecule has 4 rings (SSSR count). The van der Waals surface area contributed by atoms with Crippen molar-refractivity contribution >= 4 is 11.8 Å². The van der Waals surface area contributed by atoms with E-state index in [4.69, 9.17) is 4.42 Å². The summed E-state index contributed by atoms with van der Waals surface area (Å²) in [5.41, 5.74) is 2.81. The summed E-state index contributed by atoms with van der Waals surface area (Å²) in [7, 11) is 0. The lowest BCUT2D eigenvalue weighted by Gasteiger charge is -2.14. The van der Waals surface area contributed by atoms with Gasteiger partial charge in [-0.05, 0) is 29.8 Å². The molecule has 0 atom stereocenters. The van der Waals surface area contributed by atoms with E-state index in [1.54, 1.807) is 30.5 Å². The van der Waals surface area contributed by atoms with Crippen LogP contribution < -0.4 is 0 Å². The maximum atomic E-state index is 12.4. The fourth-order valence-electron chi connectivity index (χ4n) is 2.78. The molecule has 2 aromatic carbocycles. The lowest BCUT2D eigenvalue weighted by atomic mass is 10.1. The van der Waals surface area contributed by atoms with Crippen LogP contribution in [0.4, 0.5) is 0 Å². The number of nitrogens with zero attached hydrogens (tertiary/aromatic N) is 1. The quantitative estimate of drug-likeness (QED) is 0.693. The second-order valence-corrected chi connectivity index (χ2v) is 5.42. The van der Waals surface area contributed by atoms with Crippen molar-refractivity contribution in [3.05, 3.63) is 83.6 Å². The van der Waals surface area contributed by atoms with E-state index < -0.39 is 0 Å². The van der Waals surface area contributed by atoms with Gasteiger partial charge in [-0.15, -0.1) is 0 Å². The molecule has 0 aliphatic carbocycles. The SMILES string of the molecule is O=C1c2ccccc2C(=O)N1Cc1ccc(-c2ccco2)cc1. The van der Waals surface area contributed by atoms with E-state index in [9.17, 15) is 9.59 Å². The van der Waals surface area contributed by atoms with Gasteiger partial charge in [0.1, 0.15) is 5.76 Å². The van der Waals surface area contributed by atoms with Crippen LogP contribution in [0.15, 0.2) is 71.3 Å². The smallest absolute Gasteiger partial charge is 0.261 e. The van der Waals surface area contributed by atoms with Gasteiger partial charge in [0.2, 0.25) is 0 Å². The predicted octanol–water partition coefficient (Wildman–Crippen LogP) is 3.74. The molecule has 0 spiro atoms. The molecule has 112 valence electrons. The normalized spacial score (nSPS) is 13.5. The topological polar surface area (TPSA) is 50.5 Å². The van der Waals surface area contributed by atoms with Crippen LogP contribution in [-0.2, 0) is 6.54 Å². The fraction of sp³-hybridized carbons (Fsp3) is 0.0526. The minimum absolute atomic E-state index is 0.235. The standard InChI is InChI=1S/C19H13NO3/c21-18-15-4-1-2-5-16(15)19(22)20(18)12-13-7-9-14(10-8-13)17-6-3-11-23-17/h1-11H,12H2. The van der Waals surface area contributed by atoms with Crippen LogP contribution >= 0.6 is 0 Å². The highest BCUT2D eigenvalue weighted by Gasteiger charge is 2.34. The Hall–Kier alpha value is -3.14. The minimum Gasteiger partial charge on any atom is -0.464 e. The molecule has 1 aliphatic rings. The van der Waals surface area contributed by atoms with Gasteiger partial charge in [-0.1, -0.05) is 36.4 Å². The van der Waals surface area contributed by atoms with Crippen LogP contribution in [0.1, 0.15) is 26.3 Å². The van der Waals surface area contributed by atoms with Crippen LogP contribution in [0.3, 0.4) is 0 Å². The third-order valence-electron chi connectivity index (χ3n) is 3.98. The Kier molecular flexibility index (Phi) is 3.08. The molecule has 23 heavy (non-hydrogen) atoms. The van der Waals surface area contributed by atoms with Crippen LogP contribution in [0, 0.1) is 0 Å². The summed E-state index contributed by atoms with van der Waals surface area (Å²) < 4.78 is 5.35. The Labute approximate surface area is 133 Å². The van der Waals surface area contributed by atoms with E-state index in [0.29, 0.717) is 11.1 Å². The van der Waals surface area contributed by atoms with E-state index >= 15 is 0 Å². The van der Waals surface area contributed by atoms with Crippen molar-refractivity contribution in [3.8, 4) is 11.3 Å². The van der Waals surface area contributed by atoms with E-state index in [0.717, 1.165) is 16.9 Å². The third-order valence-corrected chi connectivity index (χ3v) is 3.98. The molecule has 1 aliphatic heterocycles. The number of hydrogen-bond acceptors (Lipinski definition) is 3. The number of fused-ring (bicyclic) bond motifs is 1. The van der Waals surface area contributed by atoms with Crippen molar-refractivity contribution in [2.45, 2.75) is 6.54 Å². The summed E-state index contributed by atoms with van der Waals surface area (Å²) in [5, 5.41) is 0. The zero-order valence-electron chi connectivity index (χ0n) is 12.2. The van der Waals surface area contributed by atoms with Gasteiger partial charge in [-0.25, -0.2) is 0 Å². The molecular formula is C19H13NO3. The first-order chi connectivity index (χ1) is 11.2. The number of carbonyl (C=O) groups excluding carboxylic acids is 2. The summed E-state index contributed by atoms with van der Waals surface area (Å²) in [6, 6.07) is 18.3. The van der Waals surface area contributed by atoms with Crippen LogP contribution in [0.2, 0.25) is 0 Å². The highest BCUT2D eigenvalue weighted by Crippen LogP contribution is 2.25. The number of amides is 2. The highest BCUT2D eigenvalue weighted by molar-refractivity contribution is 6.21. The molecule has 1 aromatic heterocycles. The number of hydrogen-bond donors (Lipinski definition) is 0. The number of imide groups is 1. The summed E-state index contributed by atoms with van der Waals surface area (Å²) in [4.78, 5) is 26.0. The summed E-state index contributed by atoms with van der Waals surface area (Å²) in [6.45, 7) is 0.269. The summed E-state index contributed by atoms with van der Waals surface area (Å²) in [5.74, 6) is 0.318. The van der Waals surface area contributed by atoms with E-state index in [-0.39, 0.29) is 18.4 Å².